The predicted octanol–water partition coefficient (Wildman–Crippen LogP) is 1.72. The van der Waals surface area contributed by atoms with E-state index < -0.39 is 20.0 Å². The smallest absolute Gasteiger partial charge is 0.306 e. The highest BCUT2D eigenvalue weighted by Gasteiger charge is 2.40. The largest absolute Gasteiger partial charge is 0.457 e. The van der Waals surface area contributed by atoms with Crippen molar-refractivity contribution in [1.29, 1.82) is 0 Å². The monoisotopic (exact) mass is 334 g/mol. The van der Waals surface area contributed by atoms with Crippen LogP contribution >= 0.6 is 0 Å². The SMILES string of the molecule is CCC1(C)OCCOCC1OC(=O)CC(CO)[Si](C)(C)OC. The molecule has 1 aliphatic rings. The first-order chi connectivity index (χ1) is 10.3. The molecule has 0 aliphatic carbocycles. The molecule has 0 amide bonds. The summed E-state index contributed by atoms with van der Waals surface area (Å²) in [4.78, 5) is 12.3. The first-order valence-corrected chi connectivity index (χ1v) is 10.8. The average Bonchev–Trinajstić information content (AvgIpc) is 2.67. The number of aliphatic hydroxyl groups is 1. The van der Waals surface area contributed by atoms with E-state index in [1.54, 1.807) is 7.11 Å². The van der Waals surface area contributed by atoms with Crippen LogP contribution < -0.4 is 0 Å². The van der Waals surface area contributed by atoms with E-state index in [9.17, 15) is 9.90 Å². The van der Waals surface area contributed by atoms with Gasteiger partial charge in [0.1, 0.15) is 5.60 Å². The molecule has 3 unspecified atom stereocenters. The maximum absolute atomic E-state index is 12.3. The first kappa shape index (κ1) is 19.6. The van der Waals surface area contributed by atoms with Crippen molar-refractivity contribution in [2.45, 2.75) is 57.0 Å². The van der Waals surface area contributed by atoms with Crippen LogP contribution in [0.5, 0.6) is 0 Å². The lowest BCUT2D eigenvalue weighted by molar-refractivity contribution is -0.170. The molecule has 1 fully saturated rings. The van der Waals surface area contributed by atoms with E-state index in [1.807, 2.05) is 26.9 Å². The van der Waals surface area contributed by atoms with Gasteiger partial charge >= 0.3 is 5.97 Å². The van der Waals surface area contributed by atoms with Crippen molar-refractivity contribution < 1.29 is 28.5 Å². The summed E-state index contributed by atoms with van der Waals surface area (Å²) in [6, 6.07) is 0. The van der Waals surface area contributed by atoms with E-state index in [1.165, 1.54) is 0 Å². The number of ether oxygens (including phenoxy) is 3. The van der Waals surface area contributed by atoms with Gasteiger partial charge in [0.05, 0.1) is 26.2 Å². The zero-order valence-electron chi connectivity index (χ0n) is 14.4. The molecule has 22 heavy (non-hydrogen) atoms. The van der Waals surface area contributed by atoms with Gasteiger partial charge in [-0.3, -0.25) is 4.79 Å². The Balaban J connectivity index is 2.69. The van der Waals surface area contributed by atoms with Crippen LogP contribution in [0.3, 0.4) is 0 Å². The Labute approximate surface area is 134 Å². The molecule has 1 heterocycles. The van der Waals surface area contributed by atoms with Crippen molar-refractivity contribution in [3.8, 4) is 0 Å². The molecule has 7 heteroatoms. The molecule has 1 rings (SSSR count). The van der Waals surface area contributed by atoms with Crippen LogP contribution in [0.25, 0.3) is 0 Å². The molecule has 0 bridgehead atoms. The second-order valence-corrected chi connectivity index (χ2v) is 10.9. The molecule has 0 aromatic rings. The molecule has 1 N–H and O–H groups in total. The number of carbonyl (C=O) groups is 1. The number of esters is 1. The average molecular weight is 334 g/mol. The quantitative estimate of drug-likeness (QED) is 0.564. The Hall–Kier alpha value is -0.473. The van der Waals surface area contributed by atoms with Crippen molar-refractivity contribution in [3.63, 3.8) is 0 Å². The number of hydrogen-bond acceptors (Lipinski definition) is 6. The third-order valence-electron chi connectivity index (χ3n) is 4.73. The summed E-state index contributed by atoms with van der Waals surface area (Å²) in [6.07, 6.45) is 0.454. The third kappa shape index (κ3) is 5.02. The molecule has 1 aliphatic heterocycles. The van der Waals surface area contributed by atoms with Gasteiger partial charge in [-0.1, -0.05) is 6.92 Å². The van der Waals surface area contributed by atoms with E-state index in [-0.39, 0.29) is 24.5 Å². The highest BCUT2D eigenvalue weighted by Crippen LogP contribution is 2.29. The maximum Gasteiger partial charge on any atom is 0.306 e. The van der Waals surface area contributed by atoms with Crippen molar-refractivity contribution >= 4 is 14.3 Å². The Morgan fingerprint density at radius 1 is 1.45 bits per heavy atom. The van der Waals surface area contributed by atoms with Crippen LogP contribution in [0.4, 0.5) is 0 Å². The first-order valence-electron chi connectivity index (χ1n) is 7.86. The Bertz CT molecular complexity index is 362. The fourth-order valence-corrected chi connectivity index (χ4v) is 3.82. The summed E-state index contributed by atoms with van der Waals surface area (Å²) in [7, 11) is -0.476. The molecule has 0 saturated carbocycles. The summed E-state index contributed by atoms with van der Waals surface area (Å²) >= 11 is 0. The van der Waals surface area contributed by atoms with Crippen LogP contribution in [-0.2, 0) is 23.4 Å². The van der Waals surface area contributed by atoms with E-state index in [2.05, 4.69) is 0 Å². The summed E-state index contributed by atoms with van der Waals surface area (Å²) in [5, 5.41) is 9.54. The Morgan fingerprint density at radius 2 is 2.14 bits per heavy atom. The molecule has 6 nitrogen and oxygen atoms in total. The second kappa shape index (κ2) is 8.40. The zero-order chi connectivity index (χ0) is 16.8. The van der Waals surface area contributed by atoms with Crippen LogP contribution in [0.2, 0.25) is 18.6 Å². The fraction of sp³-hybridized carbons (Fsp3) is 0.933. The van der Waals surface area contributed by atoms with Crippen LogP contribution in [0.1, 0.15) is 26.7 Å². The lowest BCUT2D eigenvalue weighted by atomic mass is 9.96. The van der Waals surface area contributed by atoms with Gasteiger partial charge in [-0.25, -0.2) is 0 Å². The number of carbonyl (C=O) groups excluding carboxylic acids is 1. The molecule has 0 aromatic heterocycles. The lowest BCUT2D eigenvalue weighted by Crippen LogP contribution is -2.46. The topological polar surface area (TPSA) is 74.2 Å². The van der Waals surface area contributed by atoms with Gasteiger partial charge in [0.25, 0.3) is 0 Å². The minimum Gasteiger partial charge on any atom is -0.457 e. The van der Waals surface area contributed by atoms with Crippen molar-refractivity contribution in [3.05, 3.63) is 0 Å². The van der Waals surface area contributed by atoms with Gasteiger partial charge in [0, 0.05) is 19.3 Å². The summed E-state index contributed by atoms with van der Waals surface area (Å²) < 4.78 is 22.4. The van der Waals surface area contributed by atoms with E-state index >= 15 is 0 Å². The van der Waals surface area contributed by atoms with Crippen molar-refractivity contribution in [1.82, 2.24) is 0 Å². The number of hydrogen-bond donors (Lipinski definition) is 1. The molecule has 0 aromatic carbocycles. The van der Waals surface area contributed by atoms with Gasteiger partial charge < -0.3 is 23.7 Å². The molecule has 0 radical (unpaired) electrons. The normalized spacial score (nSPS) is 28.0. The molecule has 3 atom stereocenters. The third-order valence-corrected chi connectivity index (χ3v) is 8.13. The van der Waals surface area contributed by atoms with Gasteiger partial charge in [0.2, 0.25) is 0 Å². The van der Waals surface area contributed by atoms with Gasteiger partial charge in [-0.15, -0.1) is 0 Å². The van der Waals surface area contributed by atoms with E-state index in [0.717, 1.165) is 6.42 Å². The van der Waals surface area contributed by atoms with Gasteiger partial charge in [0.15, 0.2) is 14.4 Å². The minimum atomic E-state index is -2.10. The number of aliphatic hydroxyl groups excluding tert-OH is 1. The molecule has 0 spiro atoms. The number of rotatable bonds is 7. The zero-order valence-corrected chi connectivity index (χ0v) is 15.4. The highest BCUT2D eigenvalue weighted by molar-refractivity contribution is 6.72. The molecule has 130 valence electrons. The second-order valence-electron chi connectivity index (χ2n) is 6.46. The minimum absolute atomic E-state index is 0.0785. The predicted molar refractivity (Wildman–Crippen MR) is 85.3 cm³/mol. The standard InChI is InChI=1S/C15H30O6Si/c1-6-15(2)13(11-19-7-8-20-15)21-14(17)9-12(10-16)22(4,5)18-3/h12-13,16H,6-11H2,1-5H3. The van der Waals surface area contributed by atoms with Gasteiger partial charge in [-0.05, 0) is 26.4 Å². The van der Waals surface area contributed by atoms with E-state index in [4.69, 9.17) is 18.6 Å². The van der Waals surface area contributed by atoms with Crippen LogP contribution in [-0.4, -0.2) is 64.6 Å². The fourth-order valence-electron chi connectivity index (χ4n) is 2.39. The van der Waals surface area contributed by atoms with Crippen molar-refractivity contribution in [2.24, 2.45) is 0 Å². The summed E-state index contributed by atoms with van der Waals surface area (Å²) in [5.74, 6) is -0.338. The Kier molecular flexibility index (Phi) is 7.47. The van der Waals surface area contributed by atoms with Crippen LogP contribution in [0.15, 0.2) is 0 Å². The van der Waals surface area contributed by atoms with Crippen LogP contribution in [0, 0.1) is 0 Å². The molecular formula is C15H30O6Si. The van der Waals surface area contributed by atoms with Crippen molar-refractivity contribution in [2.75, 3.05) is 33.5 Å². The highest BCUT2D eigenvalue weighted by atomic mass is 28.4. The Morgan fingerprint density at radius 3 is 2.68 bits per heavy atom. The summed E-state index contributed by atoms with van der Waals surface area (Å²) in [6.45, 7) is 9.18. The van der Waals surface area contributed by atoms with Gasteiger partial charge in [-0.2, -0.15) is 0 Å². The summed E-state index contributed by atoms with van der Waals surface area (Å²) in [5.41, 5.74) is -0.722. The molecular weight excluding hydrogens is 304 g/mol. The maximum atomic E-state index is 12.3. The van der Waals surface area contributed by atoms with E-state index in [0.29, 0.717) is 19.8 Å². The lowest BCUT2D eigenvalue weighted by Gasteiger charge is -2.34. The molecule has 1 saturated heterocycles.